The van der Waals surface area contributed by atoms with E-state index in [2.05, 4.69) is 12.1 Å². The number of methoxy groups -OCH3 is 1. The number of rotatable bonds is 2. The van der Waals surface area contributed by atoms with Crippen molar-refractivity contribution in [2.75, 3.05) is 7.11 Å². The monoisotopic (exact) mass is 224 g/mol. The smallest absolute Gasteiger partial charge is 0.119 e. The van der Waals surface area contributed by atoms with Gasteiger partial charge < -0.3 is 4.74 Å². The summed E-state index contributed by atoms with van der Waals surface area (Å²) in [6.45, 7) is 0. The van der Waals surface area contributed by atoms with Crippen LogP contribution in [0.1, 0.15) is 37.2 Å². The number of hydrogen-bond acceptors (Lipinski definition) is 1. The van der Waals surface area contributed by atoms with Crippen LogP contribution in [0.2, 0.25) is 0 Å². The van der Waals surface area contributed by atoms with Gasteiger partial charge in [0.15, 0.2) is 0 Å². The van der Waals surface area contributed by atoms with E-state index in [0.717, 1.165) is 12.2 Å². The minimum Gasteiger partial charge on any atom is -0.497 e. The Morgan fingerprint density at radius 2 is 2.07 bits per heavy atom. The topological polar surface area (TPSA) is 9.23 Å². The van der Waals surface area contributed by atoms with Crippen molar-refractivity contribution < 1.29 is 4.74 Å². The van der Waals surface area contributed by atoms with Crippen molar-refractivity contribution in [3.05, 3.63) is 29.8 Å². The fourth-order valence-electron chi connectivity index (χ4n) is 2.33. The number of hydrogen-bond donors (Lipinski definition) is 0. The van der Waals surface area contributed by atoms with E-state index in [1.807, 2.05) is 12.1 Å². The molecule has 0 spiro atoms. The van der Waals surface area contributed by atoms with Gasteiger partial charge in [0.05, 0.1) is 7.11 Å². The van der Waals surface area contributed by atoms with Crippen LogP contribution in [0.4, 0.5) is 0 Å². The molecule has 1 nitrogen and oxygen atoms in total. The molecule has 0 N–H and O–H groups in total. The van der Waals surface area contributed by atoms with E-state index in [0.29, 0.717) is 11.3 Å². The SMILES string of the molecule is COc1cccc([C@H]2CCCC[C@H]2Cl)c1. The van der Waals surface area contributed by atoms with Crippen molar-refractivity contribution in [3.63, 3.8) is 0 Å². The van der Waals surface area contributed by atoms with Crippen molar-refractivity contribution in [1.29, 1.82) is 0 Å². The molecule has 1 saturated carbocycles. The van der Waals surface area contributed by atoms with Crippen LogP contribution in [0.3, 0.4) is 0 Å². The highest BCUT2D eigenvalue weighted by molar-refractivity contribution is 6.21. The Kier molecular flexibility index (Phi) is 3.53. The van der Waals surface area contributed by atoms with Crippen molar-refractivity contribution in [3.8, 4) is 5.75 Å². The highest BCUT2D eigenvalue weighted by atomic mass is 35.5. The zero-order chi connectivity index (χ0) is 10.7. The van der Waals surface area contributed by atoms with Crippen molar-refractivity contribution >= 4 is 11.6 Å². The largest absolute Gasteiger partial charge is 0.497 e. The summed E-state index contributed by atoms with van der Waals surface area (Å²) in [6, 6.07) is 8.31. The molecule has 1 aliphatic rings. The molecular weight excluding hydrogens is 208 g/mol. The molecule has 0 heterocycles. The lowest BCUT2D eigenvalue weighted by molar-refractivity contribution is 0.410. The Balaban J connectivity index is 2.19. The zero-order valence-electron chi connectivity index (χ0n) is 9.08. The second-order valence-corrected chi connectivity index (χ2v) is 4.74. The molecular formula is C13H17ClO. The molecule has 0 saturated heterocycles. The maximum absolute atomic E-state index is 6.37. The van der Waals surface area contributed by atoms with Crippen molar-refractivity contribution in [2.45, 2.75) is 37.0 Å². The molecule has 15 heavy (non-hydrogen) atoms. The average molecular weight is 225 g/mol. The maximum Gasteiger partial charge on any atom is 0.119 e. The van der Waals surface area contributed by atoms with E-state index in [1.165, 1.54) is 24.8 Å². The Morgan fingerprint density at radius 3 is 2.80 bits per heavy atom. The van der Waals surface area contributed by atoms with Gasteiger partial charge in [-0.25, -0.2) is 0 Å². The Labute approximate surface area is 96.4 Å². The number of alkyl halides is 1. The fraction of sp³-hybridized carbons (Fsp3) is 0.538. The first kappa shape index (κ1) is 10.8. The second-order valence-electron chi connectivity index (χ2n) is 4.18. The first-order valence-electron chi connectivity index (χ1n) is 5.59. The zero-order valence-corrected chi connectivity index (χ0v) is 9.83. The molecule has 0 unspecified atom stereocenters. The Morgan fingerprint density at radius 1 is 1.27 bits per heavy atom. The summed E-state index contributed by atoms with van der Waals surface area (Å²) in [5.74, 6) is 1.44. The first-order chi connectivity index (χ1) is 7.31. The standard InChI is InChI=1S/C13H17ClO/c1-15-11-6-4-5-10(9-11)12-7-2-3-8-13(12)14/h4-6,9,12-13H,2-3,7-8H2,1H3/t12-,13-/m1/s1. The van der Waals surface area contributed by atoms with E-state index in [-0.39, 0.29) is 0 Å². The molecule has 2 heteroatoms. The van der Waals surface area contributed by atoms with Crippen molar-refractivity contribution in [1.82, 2.24) is 0 Å². The molecule has 1 aliphatic carbocycles. The van der Waals surface area contributed by atoms with Crippen LogP contribution in [-0.2, 0) is 0 Å². The highest BCUT2D eigenvalue weighted by Gasteiger charge is 2.24. The average Bonchev–Trinajstić information content (AvgIpc) is 2.30. The number of ether oxygens (including phenoxy) is 1. The minimum absolute atomic E-state index is 0.297. The third-order valence-corrected chi connectivity index (χ3v) is 3.73. The van der Waals surface area contributed by atoms with Gasteiger partial charge in [0, 0.05) is 11.3 Å². The molecule has 1 aromatic carbocycles. The summed E-state index contributed by atoms with van der Waals surface area (Å²) in [6.07, 6.45) is 4.92. The van der Waals surface area contributed by atoms with E-state index < -0.39 is 0 Å². The predicted octanol–water partition coefficient (Wildman–Crippen LogP) is 3.96. The van der Waals surface area contributed by atoms with Gasteiger partial charge in [-0.2, -0.15) is 0 Å². The van der Waals surface area contributed by atoms with Gasteiger partial charge in [-0.3, -0.25) is 0 Å². The molecule has 0 amide bonds. The van der Waals surface area contributed by atoms with Crippen LogP contribution in [0.5, 0.6) is 5.75 Å². The third-order valence-electron chi connectivity index (χ3n) is 3.20. The molecule has 0 aromatic heterocycles. The summed E-state index contributed by atoms with van der Waals surface area (Å²) in [5, 5.41) is 0.297. The normalized spacial score (nSPS) is 26.3. The summed E-state index contributed by atoms with van der Waals surface area (Å²) >= 11 is 6.37. The van der Waals surface area contributed by atoms with Crippen LogP contribution in [0.15, 0.2) is 24.3 Å². The van der Waals surface area contributed by atoms with Gasteiger partial charge in [0.2, 0.25) is 0 Å². The quantitative estimate of drug-likeness (QED) is 0.691. The Bertz CT molecular complexity index is 324. The van der Waals surface area contributed by atoms with Crippen LogP contribution in [0, 0.1) is 0 Å². The first-order valence-corrected chi connectivity index (χ1v) is 6.03. The van der Waals surface area contributed by atoms with E-state index in [4.69, 9.17) is 16.3 Å². The predicted molar refractivity (Wildman–Crippen MR) is 63.8 cm³/mol. The van der Waals surface area contributed by atoms with Gasteiger partial charge in [0.25, 0.3) is 0 Å². The molecule has 1 fully saturated rings. The molecule has 2 rings (SSSR count). The van der Waals surface area contributed by atoms with Gasteiger partial charge in [-0.15, -0.1) is 11.6 Å². The van der Waals surface area contributed by atoms with Crippen LogP contribution >= 0.6 is 11.6 Å². The highest BCUT2D eigenvalue weighted by Crippen LogP contribution is 2.37. The van der Waals surface area contributed by atoms with E-state index >= 15 is 0 Å². The van der Waals surface area contributed by atoms with E-state index in [9.17, 15) is 0 Å². The lowest BCUT2D eigenvalue weighted by Crippen LogP contribution is -2.17. The summed E-state index contributed by atoms with van der Waals surface area (Å²) in [7, 11) is 1.71. The third kappa shape index (κ3) is 2.46. The van der Waals surface area contributed by atoms with Gasteiger partial charge in [-0.05, 0) is 30.5 Å². The Hall–Kier alpha value is -0.690. The van der Waals surface area contributed by atoms with Gasteiger partial charge >= 0.3 is 0 Å². The molecule has 1 aromatic rings. The molecule has 2 atom stereocenters. The molecule has 0 aliphatic heterocycles. The summed E-state index contributed by atoms with van der Waals surface area (Å²) < 4.78 is 5.24. The minimum atomic E-state index is 0.297. The maximum atomic E-state index is 6.37. The number of halogens is 1. The summed E-state index contributed by atoms with van der Waals surface area (Å²) in [4.78, 5) is 0. The molecule has 0 bridgehead atoms. The molecule has 0 radical (unpaired) electrons. The summed E-state index contributed by atoms with van der Waals surface area (Å²) in [5.41, 5.74) is 1.33. The molecule has 82 valence electrons. The number of benzene rings is 1. The van der Waals surface area contributed by atoms with Crippen molar-refractivity contribution in [2.24, 2.45) is 0 Å². The van der Waals surface area contributed by atoms with Crippen LogP contribution in [-0.4, -0.2) is 12.5 Å². The lowest BCUT2D eigenvalue weighted by Gasteiger charge is -2.27. The van der Waals surface area contributed by atoms with Crippen LogP contribution < -0.4 is 4.74 Å². The van der Waals surface area contributed by atoms with Crippen LogP contribution in [0.25, 0.3) is 0 Å². The second kappa shape index (κ2) is 4.89. The van der Waals surface area contributed by atoms with Gasteiger partial charge in [-0.1, -0.05) is 25.0 Å². The van der Waals surface area contributed by atoms with Gasteiger partial charge in [0.1, 0.15) is 5.75 Å². The lowest BCUT2D eigenvalue weighted by atomic mass is 9.83. The fourth-order valence-corrected chi connectivity index (χ4v) is 2.76. The van der Waals surface area contributed by atoms with E-state index in [1.54, 1.807) is 7.11 Å².